The number of aryl methyl sites for hydroxylation is 1. The van der Waals surface area contributed by atoms with Gasteiger partial charge in [-0.15, -0.1) is 0 Å². The zero-order valence-corrected chi connectivity index (χ0v) is 14.4. The molecular formula is C16H17ClN5O2+. The van der Waals surface area contributed by atoms with E-state index in [4.69, 9.17) is 11.6 Å². The summed E-state index contributed by atoms with van der Waals surface area (Å²) in [5.41, 5.74) is 1.94. The first-order valence-corrected chi connectivity index (χ1v) is 8.09. The summed E-state index contributed by atoms with van der Waals surface area (Å²) in [7, 11) is 3.15. The van der Waals surface area contributed by atoms with E-state index in [-0.39, 0.29) is 11.9 Å². The van der Waals surface area contributed by atoms with Gasteiger partial charge >= 0.3 is 12.0 Å². The second kappa shape index (κ2) is 5.04. The molecule has 3 aliphatic rings. The van der Waals surface area contributed by atoms with Crippen molar-refractivity contribution < 1.29 is 14.2 Å². The Morgan fingerprint density at radius 3 is 2.71 bits per heavy atom. The first-order chi connectivity index (χ1) is 11.4. The maximum atomic E-state index is 12.6. The van der Waals surface area contributed by atoms with Crippen LogP contribution in [0.1, 0.15) is 5.56 Å². The van der Waals surface area contributed by atoms with Crippen LogP contribution in [-0.4, -0.2) is 71.3 Å². The van der Waals surface area contributed by atoms with Crippen LogP contribution in [0, 0.1) is 6.92 Å². The first kappa shape index (κ1) is 15.1. The van der Waals surface area contributed by atoms with Gasteiger partial charge in [0.15, 0.2) is 0 Å². The summed E-state index contributed by atoms with van der Waals surface area (Å²) in [6.45, 7) is 3.34. The maximum Gasteiger partial charge on any atom is 0.397 e. The van der Waals surface area contributed by atoms with Crippen LogP contribution < -0.4 is 4.90 Å². The summed E-state index contributed by atoms with van der Waals surface area (Å²) in [5.74, 6) is 0.940. The Hall–Kier alpha value is -2.41. The highest BCUT2D eigenvalue weighted by atomic mass is 35.5. The molecule has 1 saturated heterocycles. The number of hydrogen-bond acceptors (Lipinski definition) is 4. The normalized spacial score (nSPS) is 23.1. The summed E-state index contributed by atoms with van der Waals surface area (Å²) in [5, 5.41) is 0.692. The molecular weight excluding hydrogens is 330 g/mol. The molecule has 24 heavy (non-hydrogen) atoms. The molecule has 0 spiro atoms. The van der Waals surface area contributed by atoms with Gasteiger partial charge in [0, 0.05) is 19.1 Å². The smallest absolute Gasteiger partial charge is 0.270 e. The van der Waals surface area contributed by atoms with Crippen molar-refractivity contribution in [1.29, 1.82) is 0 Å². The minimum Gasteiger partial charge on any atom is -0.270 e. The predicted molar refractivity (Wildman–Crippen MR) is 90.8 cm³/mol. The summed E-state index contributed by atoms with van der Waals surface area (Å²) in [6, 6.07) is 4.96. The lowest BCUT2D eigenvalue weighted by atomic mass is 10.1. The maximum absolute atomic E-state index is 12.6. The predicted octanol–water partition coefficient (Wildman–Crippen LogP) is 1.14. The summed E-state index contributed by atoms with van der Waals surface area (Å²) in [6.07, 6.45) is 0. The van der Waals surface area contributed by atoms with Crippen LogP contribution in [0.5, 0.6) is 0 Å². The molecule has 0 N–H and O–H groups in total. The Labute approximate surface area is 144 Å². The fourth-order valence-electron chi connectivity index (χ4n) is 3.33. The Balaban J connectivity index is 1.76. The van der Waals surface area contributed by atoms with Crippen LogP contribution in [0.2, 0.25) is 5.02 Å². The highest BCUT2D eigenvalue weighted by Crippen LogP contribution is 2.28. The topological polar surface area (TPSA) is 59.2 Å². The van der Waals surface area contributed by atoms with Crippen LogP contribution in [0.4, 0.5) is 10.5 Å². The number of nitrogens with zero attached hydrogens (tertiary/aromatic N) is 5. The van der Waals surface area contributed by atoms with E-state index in [1.807, 2.05) is 34.6 Å². The van der Waals surface area contributed by atoms with E-state index in [2.05, 4.69) is 4.99 Å². The molecule has 3 amide bonds. The number of urea groups is 1. The van der Waals surface area contributed by atoms with Gasteiger partial charge in [-0.1, -0.05) is 22.7 Å². The number of guanidine groups is 1. The molecule has 1 atom stereocenters. The number of likely N-dealkylation sites (N-methyl/N-ethyl adjacent to an activating group) is 2. The zero-order valence-electron chi connectivity index (χ0n) is 13.7. The largest absolute Gasteiger partial charge is 0.397 e. The molecule has 1 unspecified atom stereocenters. The number of imide groups is 1. The van der Waals surface area contributed by atoms with Crippen molar-refractivity contribution in [3.8, 4) is 0 Å². The molecule has 0 saturated carbocycles. The SMILES string of the molecule is Cc1ccc(N2CC[N+]3=C2N=C2C3C(=O)N(C)C(=O)N2C)cc1Cl. The molecule has 1 fully saturated rings. The van der Waals surface area contributed by atoms with Crippen molar-refractivity contribution >= 4 is 41.0 Å². The van der Waals surface area contributed by atoms with Crippen LogP contribution in [0.25, 0.3) is 0 Å². The van der Waals surface area contributed by atoms with Crippen molar-refractivity contribution in [2.24, 2.45) is 4.99 Å². The minimum absolute atomic E-state index is 0.240. The molecule has 0 radical (unpaired) electrons. The number of hydrogen-bond donors (Lipinski definition) is 0. The fourth-order valence-corrected chi connectivity index (χ4v) is 3.51. The van der Waals surface area contributed by atoms with Gasteiger partial charge in [0.2, 0.25) is 11.9 Å². The second-order valence-electron chi connectivity index (χ2n) is 6.19. The van der Waals surface area contributed by atoms with E-state index < -0.39 is 6.04 Å². The number of carbonyl (C=O) groups excluding carboxylic acids is 2. The van der Waals surface area contributed by atoms with Crippen LogP contribution >= 0.6 is 11.6 Å². The lowest BCUT2D eigenvalue weighted by Crippen LogP contribution is -2.61. The van der Waals surface area contributed by atoms with Gasteiger partial charge in [-0.3, -0.25) is 14.6 Å². The van der Waals surface area contributed by atoms with E-state index in [9.17, 15) is 9.59 Å². The lowest BCUT2D eigenvalue weighted by Gasteiger charge is -2.31. The molecule has 3 aliphatic heterocycles. The number of benzene rings is 1. The molecule has 8 heteroatoms. The molecule has 3 heterocycles. The number of rotatable bonds is 1. The Kier molecular flexibility index (Phi) is 3.18. The highest BCUT2D eigenvalue weighted by molar-refractivity contribution is 6.31. The van der Waals surface area contributed by atoms with Gasteiger partial charge in [0.25, 0.3) is 5.91 Å². The number of aliphatic imine (C=N–C) groups is 1. The Morgan fingerprint density at radius 2 is 2.00 bits per heavy atom. The van der Waals surface area contributed by atoms with Gasteiger partial charge in [-0.05, 0) is 24.6 Å². The first-order valence-electron chi connectivity index (χ1n) is 7.71. The minimum atomic E-state index is -0.529. The summed E-state index contributed by atoms with van der Waals surface area (Å²) >= 11 is 6.24. The number of amides is 3. The van der Waals surface area contributed by atoms with E-state index in [0.29, 0.717) is 23.4 Å². The standard InChI is InChI=1S/C16H17ClN5O2/c1-9-4-5-10(8-11(9)17)21-6-7-22-12-13(18-15(21)22)19(2)16(24)20(3)14(12)23/h4-5,8,12H,6-7H2,1-3H3/q+1. The quantitative estimate of drug-likeness (QED) is 0.717. The van der Waals surface area contributed by atoms with Crippen molar-refractivity contribution in [1.82, 2.24) is 9.80 Å². The molecule has 1 aromatic rings. The third-order valence-corrected chi connectivity index (χ3v) is 5.19. The molecule has 0 aromatic heterocycles. The Morgan fingerprint density at radius 1 is 1.25 bits per heavy atom. The van der Waals surface area contributed by atoms with Crippen molar-refractivity contribution in [2.45, 2.75) is 13.0 Å². The molecule has 7 nitrogen and oxygen atoms in total. The molecule has 0 bridgehead atoms. The number of halogens is 1. The van der Waals surface area contributed by atoms with Crippen LogP contribution in [0.15, 0.2) is 23.2 Å². The lowest BCUT2D eigenvalue weighted by molar-refractivity contribution is -0.525. The number of amidine groups is 1. The van der Waals surface area contributed by atoms with Crippen LogP contribution in [-0.2, 0) is 4.79 Å². The molecule has 124 valence electrons. The monoisotopic (exact) mass is 346 g/mol. The Bertz CT molecular complexity index is 847. The van der Waals surface area contributed by atoms with Gasteiger partial charge < -0.3 is 0 Å². The summed E-state index contributed by atoms with van der Waals surface area (Å²) < 4.78 is 1.95. The zero-order chi connectivity index (χ0) is 17.2. The van der Waals surface area contributed by atoms with Crippen LogP contribution in [0.3, 0.4) is 0 Å². The number of carbonyl (C=O) groups is 2. The van der Waals surface area contributed by atoms with E-state index in [0.717, 1.165) is 22.7 Å². The van der Waals surface area contributed by atoms with Gasteiger partial charge in [0.1, 0.15) is 12.2 Å². The second-order valence-corrected chi connectivity index (χ2v) is 6.60. The van der Waals surface area contributed by atoms with E-state index >= 15 is 0 Å². The fraction of sp³-hybridized carbons (Fsp3) is 0.375. The third kappa shape index (κ3) is 1.91. The van der Waals surface area contributed by atoms with E-state index in [1.54, 1.807) is 7.05 Å². The highest BCUT2D eigenvalue weighted by Gasteiger charge is 2.54. The summed E-state index contributed by atoms with van der Waals surface area (Å²) in [4.78, 5) is 33.9. The average Bonchev–Trinajstić information content (AvgIpc) is 3.12. The number of fused-ring (bicyclic) bond motifs is 2. The molecule has 1 aromatic carbocycles. The van der Waals surface area contributed by atoms with Crippen molar-refractivity contribution in [3.63, 3.8) is 0 Å². The van der Waals surface area contributed by atoms with Crippen molar-refractivity contribution in [3.05, 3.63) is 28.8 Å². The van der Waals surface area contributed by atoms with Gasteiger partial charge in [-0.2, -0.15) is 0 Å². The number of anilines is 1. The molecule has 4 rings (SSSR count). The van der Waals surface area contributed by atoms with Gasteiger partial charge in [0.05, 0.1) is 6.54 Å². The third-order valence-electron chi connectivity index (χ3n) is 4.78. The van der Waals surface area contributed by atoms with E-state index in [1.165, 1.54) is 11.9 Å². The average molecular weight is 347 g/mol. The van der Waals surface area contributed by atoms with Gasteiger partial charge in [-0.25, -0.2) is 14.3 Å². The van der Waals surface area contributed by atoms with Crippen molar-refractivity contribution in [2.75, 3.05) is 32.1 Å². The molecule has 0 aliphatic carbocycles.